The zero-order chi connectivity index (χ0) is 18.7. The standard InChI is InChI=1S/C17H10Cl2O6/c1-8(21)13(18)14(19)16-11(6-20)12(7-25-16)15(22)9-2-4-10(5-3-9)17(23)24/h2-7H,1H3,(H,23,24). The highest BCUT2D eigenvalue weighted by Gasteiger charge is 2.24. The topological polar surface area (TPSA) is 102 Å². The minimum Gasteiger partial charge on any atom is -0.478 e. The number of ketones is 2. The molecule has 0 aliphatic rings. The molecule has 128 valence electrons. The van der Waals surface area contributed by atoms with E-state index in [1.807, 2.05) is 0 Å². The van der Waals surface area contributed by atoms with Crippen molar-refractivity contribution in [3.8, 4) is 0 Å². The molecular formula is C17H10Cl2O6. The van der Waals surface area contributed by atoms with Crippen LogP contribution in [0, 0.1) is 0 Å². The van der Waals surface area contributed by atoms with Crippen molar-refractivity contribution in [3.05, 3.63) is 63.6 Å². The summed E-state index contributed by atoms with van der Waals surface area (Å²) in [6.45, 7) is 1.18. The normalized spacial score (nSPS) is 11.6. The molecule has 0 spiro atoms. The highest BCUT2D eigenvalue weighted by atomic mass is 35.5. The number of carbonyl (C=O) groups excluding carboxylic acids is 3. The first-order chi connectivity index (χ1) is 11.8. The molecule has 8 heteroatoms. The molecular weight excluding hydrogens is 371 g/mol. The summed E-state index contributed by atoms with van der Waals surface area (Å²) in [5.41, 5.74) is -0.0755. The van der Waals surface area contributed by atoms with Crippen molar-refractivity contribution in [3.63, 3.8) is 0 Å². The van der Waals surface area contributed by atoms with Crippen LogP contribution in [0.3, 0.4) is 0 Å². The predicted molar refractivity (Wildman–Crippen MR) is 90.2 cm³/mol. The van der Waals surface area contributed by atoms with Gasteiger partial charge in [-0.3, -0.25) is 14.4 Å². The molecule has 2 aromatic rings. The quantitative estimate of drug-likeness (QED) is 0.465. The number of carboxylic acid groups (broad SMARTS) is 1. The van der Waals surface area contributed by atoms with Crippen molar-refractivity contribution >= 4 is 52.1 Å². The Hall–Kier alpha value is -2.70. The molecule has 0 bridgehead atoms. The fraction of sp³-hybridized carbons (Fsp3) is 0.0588. The van der Waals surface area contributed by atoms with Gasteiger partial charge in [0.05, 0.1) is 16.7 Å². The SMILES string of the molecule is CC(=O)C(Cl)=C(Cl)c1occ(C(=O)c2ccc(C(=O)O)cc2)c1C=O. The van der Waals surface area contributed by atoms with Crippen molar-refractivity contribution in [1.29, 1.82) is 0 Å². The minimum atomic E-state index is -1.13. The van der Waals surface area contributed by atoms with Crippen LogP contribution in [0.2, 0.25) is 0 Å². The van der Waals surface area contributed by atoms with Crippen LogP contribution in [0.25, 0.3) is 5.03 Å². The Bertz CT molecular complexity index is 906. The van der Waals surface area contributed by atoms with Gasteiger partial charge in [0.1, 0.15) is 16.3 Å². The Morgan fingerprint density at radius 3 is 2.12 bits per heavy atom. The van der Waals surface area contributed by atoms with Crippen molar-refractivity contribution in [1.82, 2.24) is 0 Å². The van der Waals surface area contributed by atoms with E-state index in [9.17, 15) is 19.2 Å². The van der Waals surface area contributed by atoms with E-state index in [1.165, 1.54) is 31.2 Å². The van der Waals surface area contributed by atoms with Crippen molar-refractivity contribution in [2.45, 2.75) is 6.92 Å². The van der Waals surface area contributed by atoms with E-state index in [0.29, 0.717) is 6.29 Å². The van der Waals surface area contributed by atoms with Gasteiger partial charge in [-0.2, -0.15) is 0 Å². The van der Waals surface area contributed by atoms with Gasteiger partial charge in [0, 0.05) is 12.5 Å². The first-order valence-electron chi connectivity index (χ1n) is 6.79. The number of rotatable bonds is 6. The number of aromatic carboxylic acids is 1. The van der Waals surface area contributed by atoms with Crippen LogP contribution in [-0.2, 0) is 4.79 Å². The van der Waals surface area contributed by atoms with Gasteiger partial charge in [-0.1, -0.05) is 35.3 Å². The predicted octanol–water partition coefficient (Wildman–Crippen LogP) is 3.76. The largest absolute Gasteiger partial charge is 0.478 e. The van der Waals surface area contributed by atoms with Gasteiger partial charge in [0.25, 0.3) is 0 Å². The van der Waals surface area contributed by atoms with E-state index in [1.54, 1.807) is 0 Å². The molecule has 0 aliphatic heterocycles. The van der Waals surface area contributed by atoms with Crippen LogP contribution in [0.1, 0.15) is 49.3 Å². The molecule has 0 fully saturated rings. The van der Waals surface area contributed by atoms with Crippen LogP contribution < -0.4 is 0 Å². The fourth-order valence-electron chi connectivity index (χ4n) is 2.00. The Labute approximate surface area is 151 Å². The summed E-state index contributed by atoms with van der Waals surface area (Å²) in [6, 6.07) is 5.15. The number of hydrogen-bond donors (Lipinski definition) is 1. The van der Waals surface area contributed by atoms with Crippen LogP contribution in [0.5, 0.6) is 0 Å². The molecule has 25 heavy (non-hydrogen) atoms. The molecule has 1 aromatic heterocycles. The first-order valence-corrected chi connectivity index (χ1v) is 7.54. The second-order valence-corrected chi connectivity index (χ2v) is 5.66. The molecule has 2 rings (SSSR count). The molecule has 1 N–H and O–H groups in total. The number of carbonyl (C=O) groups is 4. The summed E-state index contributed by atoms with van der Waals surface area (Å²) in [5.74, 6) is -2.43. The van der Waals surface area contributed by atoms with Gasteiger partial charge in [0.15, 0.2) is 23.6 Å². The molecule has 0 amide bonds. The number of allylic oxidation sites excluding steroid dienone is 1. The number of halogens is 2. The zero-order valence-corrected chi connectivity index (χ0v) is 14.2. The average Bonchev–Trinajstić information content (AvgIpc) is 3.03. The van der Waals surface area contributed by atoms with Gasteiger partial charge in [-0.15, -0.1) is 0 Å². The number of carboxylic acids is 1. The number of hydrogen-bond acceptors (Lipinski definition) is 5. The second kappa shape index (κ2) is 7.46. The van der Waals surface area contributed by atoms with Crippen molar-refractivity contribution < 1.29 is 28.7 Å². The molecule has 1 aromatic carbocycles. The zero-order valence-electron chi connectivity index (χ0n) is 12.7. The van der Waals surface area contributed by atoms with E-state index < -0.39 is 17.5 Å². The van der Waals surface area contributed by atoms with Gasteiger partial charge in [-0.05, 0) is 12.1 Å². The van der Waals surface area contributed by atoms with Gasteiger partial charge < -0.3 is 9.52 Å². The Balaban J connectivity index is 2.48. The Morgan fingerprint density at radius 1 is 1.08 bits per heavy atom. The van der Waals surface area contributed by atoms with Crippen LogP contribution in [0.4, 0.5) is 0 Å². The average molecular weight is 381 g/mol. The summed E-state index contributed by atoms with van der Waals surface area (Å²) >= 11 is 11.7. The van der Waals surface area contributed by atoms with Gasteiger partial charge in [-0.25, -0.2) is 4.79 Å². The van der Waals surface area contributed by atoms with Crippen LogP contribution >= 0.6 is 23.2 Å². The van der Waals surface area contributed by atoms with E-state index in [4.69, 9.17) is 32.7 Å². The smallest absolute Gasteiger partial charge is 0.335 e. The lowest BCUT2D eigenvalue weighted by molar-refractivity contribution is -0.113. The Morgan fingerprint density at radius 2 is 1.64 bits per heavy atom. The molecule has 0 unspecified atom stereocenters. The Kier molecular flexibility index (Phi) is 5.56. The van der Waals surface area contributed by atoms with Gasteiger partial charge in [0.2, 0.25) is 0 Å². The van der Waals surface area contributed by atoms with E-state index in [0.717, 1.165) is 6.26 Å². The maximum Gasteiger partial charge on any atom is 0.335 e. The van der Waals surface area contributed by atoms with Crippen LogP contribution in [0.15, 0.2) is 40.0 Å². The van der Waals surface area contributed by atoms with E-state index in [-0.39, 0.29) is 38.1 Å². The molecule has 0 saturated carbocycles. The summed E-state index contributed by atoms with van der Waals surface area (Å²) in [5, 5.41) is 8.26. The number of aldehydes is 1. The molecule has 0 saturated heterocycles. The second-order valence-electron chi connectivity index (χ2n) is 4.91. The van der Waals surface area contributed by atoms with Crippen molar-refractivity contribution in [2.75, 3.05) is 0 Å². The number of furan rings is 1. The molecule has 0 aliphatic carbocycles. The maximum atomic E-state index is 12.5. The minimum absolute atomic E-state index is 0.0132. The summed E-state index contributed by atoms with van der Waals surface area (Å²) in [6.07, 6.45) is 1.39. The summed E-state index contributed by atoms with van der Waals surface area (Å²) < 4.78 is 5.15. The monoisotopic (exact) mass is 380 g/mol. The lowest BCUT2D eigenvalue weighted by Gasteiger charge is -2.01. The number of benzene rings is 1. The lowest BCUT2D eigenvalue weighted by Crippen LogP contribution is -2.05. The third-order valence-electron chi connectivity index (χ3n) is 3.29. The molecule has 0 radical (unpaired) electrons. The molecule has 0 atom stereocenters. The third kappa shape index (κ3) is 3.70. The first kappa shape index (κ1) is 18.6. The molecule has 1 heterocycles. The number of Topliss-reactive ketones (excluding diaryl/α,β-unsaturated/α-hetero) is 1. The lowest BCUT2D eigenvalue weighted by atomic mass is 10.0. The van der Waals surface area contributed by atoms with Gasteiger partial charge >= 0.3 is 5.97 Å². The van der Waals surface area contributed by atoms with Crippen LogP contribution in [-0.4, -0.2) is 28.9 Å². The maximum absolute atomic E-state index is 12.5. The summed E-state index contributed by atoms with van der Waals surface area (Å²) in [4.78, 5) is 46.0. The van der Waals surface area contributed by atoms with E-state index >= 15 is 0 Å². The molecule has 6 nitrogen and oxygen atoms in total. The third-order valence-corrected chi connectivity index (χ3v) is 4.20. The van der Waals surface area contributed by atoms with E-state index in [2.05, 4.69) is 0 Å². The summed E-state index contributed by atoms with van der Waals surface area (Å²) in [7, 11) is 0. The highest BCUT2D eigenvalue weighted by molar-refractivity contribution is 6.59. The highest BCUT2D eigenvalue weighted by Crippen LogP contribution is 2.31. The van der Waals surface area contributed by atoms with Crippen molar-refractivity contribution in [2.24, 2.45) is 0 Å². The fourth-order valence-corrected chi connectivity index (χ4v) is 2.37.